The summed E-state index contributed by atoms with van der Waals surface area (Å²) in [6, 6.07) is 12.3. The van der Waals surface area contributed by atoms with Gasteiger partial charge < -0.3 is 5.73 Å². The Bertz CT molecular complexity index is 971. The number of primary amides is 1. The van der Waals surface area contributed by atoms with E-state index in [1.165, 1.54) is 6.07 Å². The highest BCUT2D eigenvalue weighted by Crippen LogP contribution is 2.34. The third-order valence-electron chi connectivity index (χ3n) is 3.64. The summed E-state index contributed by atoms with van der Waals surface area (Å²) in [5.41, 5.74) is 6.11. The van der Waals surface area contributed by atoms with Crippen molar-refractivity contribution in [2.24, 2.45) is 5.73 Å². The summed E-state index contributed by atoms with van der Waals surface area (Å²) < 4.78 is 41.9. The minimum absolute atomic E-state index is 0.0320. The molecule has 0 bridgehead atoms. The van der Waals surface area contributed by atoms with Gasteiger partial charge in [-0.2, -0.15) is 13.2 Å². The number of benzene rings is 2. The van der Waals surface area contributed by atoms with Crippen LogP contribution in [0, 0.1) is 0 Å². The van der Waals surface area contributed by atoms with Crippen molar-refractivity contribution in [3.63, 3.8) is 0 Å². The van der Waals surface area contributed by atoms with Crippen LogP contribution in [0.25, 0.3) is 16.9 Å². The first kappa shape index (κ1) is 19.5. The Kier molecular flexibility index (Phi) is 5.61. The standard InChI is InChI=1S/C18H13BrF3N3OS/c19-13-6-4-11(5-7-13)15-9-24-17(27-10-16(23)26)25(15)14-3-1-2-12(8-14)18(20,21)22/h1-9H,10H2,(H2,23,26). The zero-order chi connectivity index (χ0) is 19.6. The number of amides is 1. The highest BCUT2D eigenvalue weighted by Gasteiger charge is 2.31. The smallest absolute Gasteiger partial charge is 0.369 e. The third-order valence-corrected chi connectivity index (χ3v) is 5.15. The molecule has 0 spiro atoms. The van der Waals surface area contributed by atoms with Crippen LogP contribution in [0.15, 0.2) is 64.4 Å². The second-order valence-corrected chi connectivity index (χ2v) is 7.43. The van der Waals surface area contributed by atoms with Gasteiger partial charge in [-0.05, 0) is 30.3 Å². The summed E-state index contributed by atoms with van der Waals surface area (Å²) in [4.78, 5) is 15.4. The van der Waals surface area contributed by atoms with Gasteiger partial charge in [-0.25, -0.2) is 4.98 Å². The van der Waals surface area contributed by atoms with Crippen molar-refractivity contribution in [1.82, 2.24) is 9.55 Å². The summed E-state index contributed by atoms with van der Waals surface area (Å²) in [7, 11) is 0. The van der Waals surface area contributed by atoms with Crippen LogP contribution in [-0.2, 0) is 11.0 Å². The first-order valence-electron chi connectivity index (χ1n) is 7.68. The molecule has 3 rings (SSSR count). The van der Waals surface area contributed by atoms with E-state index in [4.69, 9.17) is 5.73 Å². The number of imidazole rings is 1. The van der Waals surface area contributed by atoms with Crippen LogP contribution in [-0.4, -0.2) is 21.2 Å². The Hall–Kier alpha value is -2.26. The molecule has 4 nitrogen and oxygen atoms in total. The van der Waals surface area contributed by atoms with Crippen molar-refractivity contribution in [3.05, 3.63) is 64.8 Å². The molecule has 0 unspecified atom stereocenters. The molecule has 0 radical (unpaired) electrons. The van der Waals surface area contributed by atoms with Crippen molar-refractivity contribution in [1.29, 1.82) is 0 Å². The lowest BCUT2D eigenvalue weighted by atomic mass is 10.1. The van der Waals surface area contributed by atoms with E-state index in [0.717, 1.165) is 33.9 Å². The molecule has 0 fully saturated rings. The monoisotopic (exact) mass is 455 g/mol. The Morgan fingerprint density at radius 3 is 2.52 bits per heavy atom. The average Bonchev–Trinajstić information content (AvgIpc) is 3.04. The molecule has 2 N–H and O–H groups in total. The van der Waals surface area contributed by atoms with Crippen LogP contribution in [0.1, 0.15) is 5.56 Å². The fraction of sp³-hybridized carbons (Fsp3) is 0.111. The molecule has 1 aromatic heterocycles. The van der Waals surface area contributed by atoms with E-state index in [2.05, 4.69) is 20.9 Å². The molecular formula is C18H13BrF3N3OS. The van der Waals surface area contributed by atoms with E-state index in [1.807, 2.05) is 24.3 Å². The van der Waals surface area contributed by atoms with Gasteiger partial charge in [-0.1, -0.05) is 45.9 Å². The van der Waals surface area contributed by atoms with E-state index in [1.54, 1.807) is 16.8 Å². The molecule has 2 aromatic carbocycles. The zero-order valence-electron chi connectivity index (χ0n) is 13.7. The van der Waals surface area contributed by atoms with Crippen molar-refractivity contribution >= 4 is 33.6 Å². The van der Waals surface area contributed by atoms with Crippen LogP contribution in [0.3, 0.4) is 0 Å². The van der Waals surface area contributed by atoms with E-state index in [9.17, 15) is 18.0 Å². The first-order valence-corrected chi connectivity index (χ1v) is 9.46. The van der Waals surface area contributed by atoms with E-state index in [0.29, 0.717) is 16.5 Å². The molecule has 0 atom stereocenters. The van der Waals surface area contributed by atoms with Gasteiger partial charge in [-0.15, -0.1) is 0 Å². The van der Waals surface area contributed by atoms with Gasteiger partial charge >= 0.3 is 6.18 Å². The largest absolute Gasteiger partial charge is 0.416 e. The van der Waals surface area contributed by atoms with Gasteiger partial charge in [0.05, 0.1) is 23.2 Å². The van der Waals surface area contributed by atoms with Gasteiger partial charge in [0.25, 0.3) is 0 Å². The minimum atomic E-state index is -4.46. The minimum Gasteiger partial charge on any atom is -0.369 e. The topological polar surface area (TPSA) is 60.9 Å². The molecule has 0 saturated carbocycles. The van der Waals surface area contributed by atoms with Gasteiger partial charge in [0.1, 0.15) is 0 Å². The molecule has 3 aromatic rings. The number of nitrogens with two attached hydrogens (primary N) is 1. The fourth-order valence-corrected chi connectivity index (χ4v) is 3.46. The van der Waals surface area contributed by atoms with E-state index >= 15 is 0 Å². The summed E-state index contributed by atoms with van der Waals surface area (Å²) in [5.74, 6) is -0.570. The number of aromatic nitrogens is 2. The molecule has 1 amide bonds. The van der Waals surface area contributed by atoms with Crippen molar-refractivity contribution in [2.45, 2.75) is 11.3 Å². The molecule has 140 valence electrons. The lowest BCUT2D eigenvalue weighted by Crippen LogP contribution is -2.14. The van der Waals surface area contributed by atoms with Crippen LogP contribution in [0.4, 0.5) is 13.2 Å². The molecular weight excluding hydrogens is 443 g/mol. The first-order chi connectivity index (χ1) is 12.8. The van der Waals surface area contributed by atoms with E-state index < -0.39 is 17.6 Å². The average molecular weight is 456 g/mol. The quantitative estimate of drug-likeness (QED) is 0.556. The van der Waals surface area contributed by atoms with Gasteiger partial charge in [0.15, 0.2) is 5.16 Å². The Labute approximate surface area is 165 Å². The van der Waals surface area contributed by atoms with Crippen LogP contribution in [0.5, 0.6) is 0 Å². The second kappa shape index (κ2) is 7.77. The van der Waals surface area contributed by atoms with Gasteiger partial charge in [0, 0.05) is 15.7 Å². The second-order valence-electron chi connectivity index (χ2n) is 5.57. The number of nitrogens with zero attached hydrogens (tertiary/aromatic N) is 2. The predicted octanol–water partition coefficient (Wildman–Crippen LogP) is 4.90. The maximum atomic E-state index is 13.1. The molecule has 27 heavy (non-hydrogen) atoms. The third kappa shape index (κ3) is 4.54. The number of rotatable bonds is 5. The maximum Gasteiger partial charge on any atom is 0.416 e. The number of alkyl halides is 3. The Morgan fingerprint density at radius 1 is 1.19 bits per heavy atom. The summed E-state index contributed by atoms with van der Waals surface area (Å²) >= 11 is 4.42. The molecule has 0 aliphatic rings. The SMILES string of the molecule is NC(=O)CSc1ncc(-c2ccc(Br)cc2)n1-c1cccc(C(F)(F)F)c1. The van der Waals surface area contributed by atoms with Crippen molar-refractivity contribution in [3.8, 4) is 16.9 Å². The number of thioether (sulfide) groups is 1. The van der Waals surface area contributed by atoms with Crippen LogP contribution < -0.4 is 5.73 Å². The predicted molar refractivity (Wildman–Crippen MR) is 102 cm³/mol. The van der Waals surface area contributed by atoms with Crippen molar-refractivity contribution in [2.75, 3.05) is 5.75 Å². The summed E-state index contributed by atoms with van der Waals surface area (Å²) in [5, 5.41) is 0.381. The Morgan fingerprint density at radius 2 is 1.89 bits per heavy atom. The number of carbonyl (C=O) groups is 1. The molecule has 0 saturated heterocycles. The highest BCUT2D eigenvalue weighted by atomic mass is 79.9. The van der Waals surface area contributed by atoms with Crippen molar-refractivity contribution < 1.29 is 18.0 Å². The molecule has 0 aliphatic carbocycles. The molecule has 9 heteroatoms. The number of hydrogen-bond donors (Lipinski definition) is 1. The van der Waals surface area contributed by atoms with Gasteiger partial charge in [0.2, 0.25) is 5.91 Å². The van der Waals surface area contributed by atoms with E-state index in [-0.39, 0.29) is 5.75 Å². The number of hydrogen-bond acceptors (Lipinski definition) is 3. The normalized spacial score (nSPS) is 11.6. The number of carbonyl (C=O) groups excluding carboxylic acids is 1. The summed E-state index contributed by atoms with van der Waals surface area (Å²) in [6.07, 6.45) is -2.90. The van der Waals surface area contributed by atoms with Gasteiger partial charge in [-0.3, -0.25) is 9.36 Å². The van der Waals surface area contributed by atoms with Crippen LogP contribution in [0.2, 0.25) is 0 Å². The summed E-state index contributed by atoms with van der Waals surface area (Å²) in [6.45, 7) is 0. The number of halogens is 4. The lowest BCUT2D eigenvalue weighted by Gasteiger charge is -2.14. The van der Waals surface area contributed by atoms with Crippen LogP contribution >= 0.6 is 27.7 Å². The maximum absolute atomic E-state index is 13.1. The molecule has 0 aliphatic heterocycles. The lowest BCUT2D eigenvalue weighted by molar-refractivity contribution is -0.137. The Balaban J connectivity index is 2.14. The zero-order valence-corrected chi connectivity index (χ0v) is 16.1. The molecule has 1 heterocycles. The fourth-order valence-electron chi connectivity index (χ4n) is 2.47. The highest BCUT2D eigenvalue weighted by molar-refractivity contribution is 9.10.